The Morgan fingerprint density at radius 2 is 1.71 bits per heavy atom. The van der Waals surface area contributed by atoms with Gasteiger partial charge in [-0.25, -0.2) is 4.98 Å². The highest BCUT2D eigenvalue weighted by Gasteiger charge is 2.43. The third kappa shape index (κ3) is 4.12. The lowest BCUT2D eigenvalue weighted by Crippen LogP contribution is -2.31. The van der Waals surface area contributed by atoms with Crippen molar-refractivity contribution in [2.24, 2.45) is 7.05 Å². The van der Waals surface area contributed by atoms with Gasteiger partial charge in [-0.05, 0) is 43.7 Å². The topological polar surface area (TPSA) is 91.5 Å². The van der Waals surface area contributed by atoms with E-state index in [4.69, 9.17) is 32.7 Å². The quantitative estimate of drug-likeness (QED) is 0.321. The van der Waals surface area contributed by atoms with E-state index >= 15 is 0 Å². The number of pyridine rings is 1. The molecule has 196 valence electrons. The van der Waals surface area contributed by atoms with E-state index in [2.05, 4.69) is 14.5 Å². The minimum Gasteiger partial charge on any atom is -0.480 e. The Bertz CT molecular complexity index is 1580. The van der Waals surface area contributed by atoms with Crippen LogP contribution < -0.4 is 19.9 Å². The van der Waals surface area contributed by atoms with Crippen LogP contribution in [0.15, 0.2) is 53.6 Å². The smallest absolute Gasteiger partial charge is 0.319 e. The van der Waals surface area contributed by atoms with Crippen molar-refractivity contribution in [2.45, 2.75) is 25.9 Å². The second kappa shape index (κ2) is 9.81. The zero-order valence-corrected chi connectivity index (χ0v) is 22.9. The maximum atomic E-state index is 14.1. The summed E-state index contributed by atoms with van der Waals surface area (Å²) in [6.07, 6.45) is 3.24. The SMILES string of the molecule is COc1ncc(-c2cc3c(n2C(C)C)C(c2ccc(Cl)cc2)N(c2cc(Cl)c(=O)n(C)c2)C3=O)c(OC)n1. The number of carbonyl (C=O) groups excluding carboxylic acids is 1. The van der Waals surface area contributed by atoms with Gasteiger partial charge in [0.25, 0.3) is 11.5 Å². The number of nitrogens with zero attached hydrogens (tertiary/aromatic N) is 5. The van der Waals surface area contributed by atoms with Gasteiger partial charge in [-0.2, -0.15) is 4.98 Å². The molecule has 1 aliphatic rings. The molecule has 1 unspecified atom stereocenters. The molecule has 0 aliphatic carbocycles. The first-order valence-corrected chi connectivity index (χ1v) is 12.6. The summed E-state index contributed by atoms with van der Waals surface area (Å²) in [5.41, 5.74) is 3.65. The molecule has 0 fully saturated rings. The number of halogens is 2. The van der Waals surface area contributed by atoms with E-state index in [1.807, 2.05) is 32.0 Å². The van der Waals surface area contributed by atoms with Crippen molar-refractivity contribution in [3.63, 3.8) is 0 Å². The largest absolute Gasteiger partial charge is 0.480 e. The number of fused-ring (bicyclic) bond motifs is 1. The highest BCUT2D eigenvalue weighted by molar-refractivity contribution is 6.31. The molecule has 0 saturated carbocycles. The Balaban J connectivity index is 1.79. The molecule has 0 radical (unpaired) electrons. The van der Waals surface area contributed by atoms with Gasteiger partial charge < -0.3 is 18.6 Å². The zero-order chi connectivity index (χ0) is 27.3. The lowest BCUT2D eigenvalue weighted by molar-refractivity contribution is 0.0993. The molecular formula is C27H25Cl2N5O4. The van der Waals surface area contributed by atoms with Crippen LogP contribution in [0, 0.1) is 0 Å². The van der Waals surface area contributed by atoms with Crippen LogP contribution in [0.2, 0.25) is 10.0 Å². The summed E-state index contributed by atoms with van der Waals surface area (Å²) in [6, 6.07) is 10.3. The predicted octanol–water partition coefficient (Wildman–Crippen LogP) is 5.30. The van der Waals surface area contributed by atoms with E-state index in [-0.39, 0.29) is 28.5 Å². The maximum absolute atomic E-state index is 14.1. The van der Waals surface area contributed by atoms with E-state index in [0.29, 0.717) is 27.7 Å². The van der Waals surface area contributed by atoms with Crippen molar-refractivity contribution in [3.05, 3.63) is 86.0 Å². The number of carbonyl (C=O) groups is 1. The lowest BCUT2D eigenvalue weighted by Gasteiger charge is -2.29. The molecule has 0 bridgehead atoms. The number of benzene rings is 1. The first-order valence-electron chi connectivity index (χ1n) is 11.8. The Hall–Kier alpha value is -3.82. The van der Waals surface area contributed by atoms with Gasteiger partial charge in [0.15, 0.2) is 0 Å². The second-order valence-electron chi connectivity index (χ2n) is 9.16. The van der Waals surface area contributed by atoms with Crippen molar-refractivity contribution < 1.29 is 14.3 Å². The van der Waals surface area contributed by atoms with Crippen LogP contribution in [0.1, 0.15) is 47.5 Å². The van der Waals surface area contributed by atoms with Crippen molar-refractivity contribution in [3.8, 4) is 23.1 Å². The Morgan fingerprint density at radius 1 is 1.00 bits per heavy atom. The number of hydrogen-bond acceptors (Lipinski definition) is 6. The number of aryl methyl sites for hydroxylation is 1. The fraction of sp³-hybridized carbons (Fsp3) is 0.259. The van der Waals surface area contributed by atoms with Gasteiger partial charge in [0.2, 0.25) is 5.88 Å². The number of hydrogen-bond donors (Lipinski definition) is 0. The number of rotatable bonds is 6. The number of ether oxygens (including phenoxy) is 2. The van der Waals surface area contributed by atoms with Crippen LogP contribution in [0.5, 0.6) is 11.9 Å². The third-order valence-electron chi connectivity index (χ3n) is 6.53. The minimum absolute atomic E-state index is 0.0248. The van der Waals surface area contributed by atoms with Crippen LogP contribution >= 0.6 is 23.2 Å². The molecule has 1 aliphatic heterocycles. The van der Waals surface area contributed by atoms with Crippen LogP contribution in [-0.4, -0.2) is 39.2 Å². The van der Waals surface area contributed by atoms with E-state index in [1.54, 1.807) is 36.5 Å². The van der Waals surface area contributed by atoms with E-state index < -0.39 is 6.04 Å². The van der Waals surface area contributed by atoms with E-state index in [0.717, 1.165) is 17.0 Å². The molecule has 3 aromatic heterocycles. The summed E-state index contributed by atoms with van der Waals surface area (Å²) in [7, 11) is 4.61. The standard InChI is InChI=1S/C27H25Cl2N5O4/c1-14(2)33-21(19-12-30-27(38-5)31-24(19)37-4)11-18-23(33)22(15-6-8-16(28)9-7-15)34(25(18)35)17-10-20(29)26(36)32(3)13-17/h6-14,22H,1-5H3. The lowest BCUT2D eigenvalue weighted by atomic mass is 10.0. The molecule has 1 aromatic carbocycles. The van der Waals surface area contributed by atoms with Crippen molar-refractivity contribution in [1.29, 1.82) is 0 Å². The molecule has 9 nitrogen and oxygen atoms in total. The first-order chi connectivity index (χ1) is 18.2. The average molecular weight is 554 g/mol. The highest BCUT2D eigenvalue weighted by atomic mass is 35.5. The summed E-state index contributed by atoms with van der Waals surface area (Å²) >= 11 is 12.5. The molecule has 11 heteroatoms. The fourth-order valence-electron chi connectivity index (χ4n) is 4.91. The van der Waals surface area contributed by atoms with Gasteiger partial charge in [-0.15, -0.1) is 0 Å². The zero-order valence-electron chi connectivity index (χ0n) is 21.4. The Morgan fingerprint density at radius 3 is 2.32 bits per heavy atom. The number of methoxy groups -OCH3 is 2. The van der Waals surface area contributed by atoms with Gasteiger partial charge in [-0.3, -0.25) is 14.5 Å². The third-order valence-corrected chi connectivity index (χ3v) is 7.05. The Labute approximate surface area is 229 Å². The molecule has 38 heavy (non-hydrogen) atoms. The van der Waals surface area contributed by atoms with Crippen LogP contribution in [0.3, 0.4) is 0 Å². The van der Waals surface area contributed by atoms with Crippen molar-refractivity contribution in [2.75, 3.05) is 19.1 Å². The van der Waals surface area contributed by atoms with Crippen LogP contribution in [0.25, 0.3) is 11.3 Å². The number of anilines is 1. The van der Waals surface area contributed by atoms with E-state index in [1.165, 1.54) is 24.9 Å². The summed E-state index contributed by atoms with van der Waals surface area (Å²) in [4.78, 5) is 36.7. The summed E-state index contributed by atoms with van der Waals surface area (Å²) < 4.78 is 14.2. The first kappa shape index (κ1) is 25.8. The molecular weight excluding hydrogens is 529 g/mol. The Kier molecular flexibility index (Phi) is 6.66. The van der Waals surface area contributed by atoms with Gasteiger partial charge >= 0.3 is 6.01 Å². The van der Waals surface area contributed by atoms with Crippen LogP contribution in [0.4, 0.5) is 5.69 Å². The molecule has 0 N–H and O–H groups in total. The summed E-state index contributed by atoms with van der Waals surface area (Å²) in [5, 5.41) is 0.604. The van der Waals surface area contributed by atoms with Gasteiger partial charge in [0, 0.05) is 30.5 Å². The molecule has 1 atom stereocenters. The second-order valence-corrected chi connectivity index (χ2v) is 10.0. The maximum Gasteiger partial charge on any atom is 0.319 e. The normalized spacial score (nSPS) is 14.8. The molecule has 4 heterocycles. The minimum atomic E-state index is -0.523. The van der Waals surface area contributed by atoms with Gasteiger partial charge in [0.05, 0.1) is 42.4 Å². The van der Waals surface area contributed by atoms with Gasteiger partial charge in [-0.1, -0.05) is 35.3 Å². The van der Waals surface area contributed by atoms with E-state index in [9.17, 15) is 9.59 Å². The van der Waals surface area contributed by atoms with Crippen molar-refractivity contribution in [1.82, 2.24) is 19.1 Å². The number of amides is 1. The molecule has 0 spiro atoms. The average Bonchev–Trinajstić information content (AvgIpc) is 3.42. The van der Waals surface area contributed by atoms with Gasteiger partial charge in [0.1, 0.15) is 11.1 Å². The molecule has 5 rings (SSSR count). The number of aromatic nitrogens is 4. The summed E-state index contributed by atoms with van der Waals surface area (Å²) in [6.45, 7) is 4.07. The predicted molar refractivity (Wildman–Crippen MR) is 146 cm³/mol. The molecule has 0 saturated heterocycles. The molecule has 4 aromatic rings. The molecule has 1 amide bonds. The highest BCUT2D eigenvalue weighted by Crippen LogP contribution is 2.47. The van der Waals surface area contributed by atoms with Crippen molar-refractivity contribution >= 4 is 34.8 Å². The summed E-state index contributed by atoms with van der Waals surface area (Å²) in [5.74, 6) is 0.0934. The fourth-order valence-corrected chi connectivity index (χ4v) is 5.28. The monoisotopic (exact) mass is 553 g/mol. The van der Waals surface area contributed by atoms with Crippen LogP contribution in [-0.2, 0) is 7.05 Å².